The van der Waals surface area contributed by atoms with Gasteiger partial charge < -0.3 is 15.6 Å². The van der Waals surface area contributed by atoms with Gasteiger partial charge in [0.1, 0.15) is 0 Å². The van der Waals surface area contributed by atoms with E-state index >= 15 is 0 Å². The second kappa shape index (κ2) is 8.01. The second-order valence-corrected chi connectivity index (χ2v) is 5.47. The molecular formula is C14H25N5O. The molecule has 1 aliphatic rings. The topological polar surface area (TPSA) is 76.2 Å². The molecule has 0 bridgehead atoms. The number of hydrogen-bond acceptors (Lipinski definition) is 4. The average Bonchev–Trinajstić information content (AvgIpc) is 2.94. The number of carbonyl (C=O) groups is 1. The molecular weight excluding hydrogens is 254 g/mol. The summed E-state index contributed by atoms with van der Waals surface area (Å²) in [4.78, 5) is 18.0. The minimum Gasteiger partial charge on any atom is -0.355 e. The van der Waals surface area contributed by atoms with Crippen molar-refractivity contribution in [3.8, 4) is 0 Å². The molecule has 0 radical (unpaired) electrons. The fourth-order valence-electron chi connectivity index (χ4n) is 2.44. The molecule has 1 aromatic heterocycles. The van der Waals surface area contributed by atoms with E-state index in [2.05, 4.69) is 19.8 Å². The third-order valence-electron chi connectivity index (χ3n) is 3.72. The molecule has 0 unspecified atom stereocenters. The summed E-state index contributed by atoms with van der Waals surface area (Å²) in [6.07, 6.45) is 9.60. The Balaban J connectivity index is 1.50. The molecule has 3 N–H and O–H groups in total. The molecule has 112 valence electrons. The summed E-state index contributed by atoms with van der Waals surface area (Å²) in [6, 6.07) is 0.317. The number of carbonyl (C=O) groups excluding carboxylic acids is 1. The normalized spacial score (nSPS) is 17.2. The highest BCUT2D eigenvalue weighted by molar-refractivity contribution is 5.77. The number of nitrogens with two attached hydrogens (primary N) is 1. The number of imidazole rings is 1. The molecule has 2 heterocycles. The molecule has 20 heavy (non-hydrogen) atoms. The SMILES string of the molecule is NC1CCN(CC(=O)NCCCCn2ccnc2)CC1. The van der Waals surface area contributed by atoms with Gasteiger partial charge in [-0.15, -0.1) is 0 Å². The fraction of sp³-hybridized carbons (Fsp3) is 0.714. The summed E-state index contributed by atoms with van der Waals surface area (Å²) in [6.45, 7) is 4.10. The zero-order chi connectivity index (χ0) is 14.2. The average molecular weight is 279 g/mol. The van der Waals surface area contributed by atoms with E-state index in [-0.39, 0.29) is 5.91 Å². The summed E-state index contributed by atoms with van der Waals surface area (Å²) in [7, 11) is 0. The Kier molecular flexibility index (Phi) is 6.01. The summed E-state index contributed by atoms with van der Waals surface area (Å²) in [5.41, 5.74) is 5.85. The molecule has 1 saturated heterocycles. The number of rotatable bonds is 7. The molecule has 0 aromatic carbocycles. The van der Waals surface area contributed by atoms with Crippen LogP contribution in [0.3, 0.4) is 0 Å². The number of aryl methyl sites for hydroxylation is 1. The number of hydrogen-bond donors (Lipinski definition) is 2. The Bertz CT molecular complexity index is 384. The first-order chi connectivity index (χ1) is 9.74. The Morgan fingerprint density at radius 1 is 1.35 bits per heavy atom. The number of amides is 1. The smallest absolute Gasteiger partial charge is 0.234 e. The van der Waals surface area contributed by atoms with Crippen molar-refractivity contribution in [3.63, 3.8) is 0 Å². The Labute approximate surface area is 120 Å². The zero-order valence-corrected chi connectivity index (χ0v) is 12.0. The van der Waals surface area contributed by atoms with Crippen molar-refractivity contribution in [2.24, 2.45) is 5.73 Å². The van der Waals surface area contributed by atoms with Gasteiger partial charge in [-0.1, -0.05) is 0 Å². The highest BCUT2D eigenvalue weighted by Gasteiger charge is 2.17. The van der Waals surface area contributed by atoms with E-state index in [4.69, 9.17) is 5.73 Å². The highest BCUT2D eigenvalue weighted by Crippen LogP contribution is 2.07. The number of unbranched alkanes of at least 4 members (excludes halogenated alkanes) is 1. The minimum absolute atomic E-state index is 0.128. The van der Waals surface area contributed by atoms with Crippen molar-refractivity contribution in [1.82, 2.24) is 19.8 Å². The minimum atomic E-state index is 0.128. The van der Waals surface area contributed by atoms with Crippen LogP contribution in [0.15, 0.2) is 18.7 Å². The Morgan fingerprint density at radius 2 is 2.15 bits per heavy atom. The Morgan fingerprint density at radius 3 is 2.85 bits per heavy atom. The van der Waals surface area contributed by atoms with E-state index < -0.39 is 0 Å². The lowest BCUT2D eigenvalue weighted by Gasteiger charge is -2.29. The van der Waals surface area contributed by atoms with Gasteiger partial charge in [0, 0.05) is 44.6 Å². The molecule has 1 aromatic rings. The second-order valence-electron chi connectivity index (χ2n) is 5.47. The van der Waals surface area contributed by atoms with Crippen molar-refractivity contribution in [2.75, 3.05) is 26.2 Å². The van der Waals surface area contributed by atoms with Crippen molar-refractivity contribution in [1.29, 1.82) is 0 Å². The largest absolute Gasteiger partial charge is 0.355 e. The zero-order valence-electron chi connectivity index (χ0n) is 12.0. The molecule has 1 aliphatic heterocycles. The van der Waals surface area contributed by atoms with Crippen molar-refractivity contribution in [3.05, 3.63) is 18.7 Å². The van der Waals surface area contributed by atoms with Crippen LogP contribution in [0.25, 0.3) is 0 Å². The monoisotopic (exact) mass is 279 g/mol. The fourth-order valence-corrected chi connectivity index (χ4v) is 2.44. The first kappa shape index (κ1) is 15.0. The van der Waals surface area contributed by atoms with Gasteiger partial charge in [0.25, 0.3) is 0 Å². The molecule has 0 aliphatic carbocycles. The van der Waals surface area contributed by atoms with Gasteiger partial charge in [-0.25, -0.2) is 4.98 Å². The number of nitrogens with one attached hydrogen (secondary N) is 1. The first-order valence-corrected chi connectivity index (χ1v) is 7.44. The standard InChI is InChI=1S/C14H25N5O/c15-13-3-8-18(9-4-13)11-14(20)17-5-1-2-7-19-10-6-16-12-19/h6,10,12-13H,1-5,7-9,11,15H2,(H,17,20). The van der Waals surface area contributed by atoms with E-state index in [1.54, 1.807) is 6.20 Å². The molecule has 1 amide bonds. The Hall–Kier alpha value is -1.40. The molecule has 0 spiro atoms. The lowest BCUT2D eigenvalue weighted by molar-refractivity contribution is -0.122. The van der Waals surface area contributed by atoms with E-state index in [1.165, 1.54) is 0 Å². The van der Waals surface area contributed by atoms with E-state index in [1.807, 2.05) is 12.5 Å². The molecule has 1 fully saturated rings. The number of aromatic nitrogens is 2. The summed E-state index contributed by atoms with van der Waals surface area (Å²) in [5, 5.41) is 2.98. The van der Waals surface area contributed by atoms with Gasteiger partial charge >= 0.3 is 0 Å². The quantitative estimate of drug-likeness (QED) is 0.699. The number of nitrogens with zero attached hydrogens (tertiary/aromatic N) is 3. The van der Waals surface area contributed by atoms with Crippen LogP contribution in [0.2, 0.25) is 0 Å². The predicted octanol–water partition coefficient (Wildman–Crippen LogP) is 0.203. The summed E-state index contributed by atoms with van der Waals surface area (Å²) in [5.74, 6) is 0.128. The molecule has 0 atom stereocenters. The van der Waals surface area contributed by atoms with Crippen LogP contribution >= 0.6 is 0 Å². The van der Waals surface area contributed by atoms with Crippen LogP contribution in [0.4, 0.5) is 0 Å². The predicted molar refractivity (Wildman–Crippen MR) is 78.1 cm³/mol. The molecule has 0 saturated carbocycles. The van der Waals surface area contributed by atoms with E-state index in [9.17, 15) is 4.79 Å². The third-order valence-corrected chi connectivity index (χ3v) is 3.72. The van der Waals surface area contributed by atoms with E-state index in [0.717, 1.165) is 51.9 Å². The van der Waals surface area contributed by atoms with Crippen LogP contribution in [0, 0.1) is 0 Å². The van der Waals surface area contributed by atoms with Gasteiger partial charge in [0.05, 0.1) is 12.9 Å². The van der Waals surface area contributed by atoms with Crippen molar-refractivity contribution >= 4 is 5.91 Å². The maximum Gasteiger partial charge on any atom is 0.234 e. The third kappa shape index (κ3) is 5.30. The van der Waals surface area contributed by atoms with Gasteiger partial charge in [-0.05, 0) is 25.7 Å². The van der Waals surface area contributed by atoms with Crippen LogP contribution in [0.1, 0.15) is 25.7 Å². The maximum absolute atomic E-state index is 11.8. The van der Waals surface area contributed by atoms with Gasteiger partial charge in [0.15, 0.2) is 0 Å². The van der Waals surface area contributed by atoms with E-state index in [0.29, 0.717) is 12.6 Å². The maximum atomic E-state index is 11.8. The lowest BCUT2D eigenvalue weighted by Crippen LogP contribution is -2.44. The molecule has 2 rings (SSSR count). The number of likely N-dealkylation sites (tertiary alicyclic amines) is 1. The summed E-state index contributed by atoms with van der Waals surface area (Å²) < 4.78 is 2.05. The summed E-state index contributed by atoms with van der Waals surface area (Å²) >= 11 is 0. The van der Waals surface area contributed by atoms with Crippen molar-refractivity contribution in [2.45, 2.75) is 38.3 Å². The lowest BCUT2D eigenvalue weighted by atomic mass is 10.1. The molecule has 6 heteroatoms. The first-order valence-electron chi connectivity index (χ1n) is 7.44. The van der Waals surface area contributed by atoms with Crippen LogP contribution < -0.4 is 11.1 Å². The van der Waals surface area contributed by atoms with Crippen molar-refractivity contribution < 1.29 is 4.79 Å². The van der Waals surface area contributed by atoms with Gasteiger partial charge in [-0.3, -0.25) is 9.69 Å². The number of piperidine rings is 1. The van der Waals surface area contributed by atoms with Gasteiger partial charge in [-0.2, -0.15) is 0 Å². The molecule has 6 nitrogen and oxygen atoms in total. The highest BCUT2D eigenvalue weighted by atomic mass is 16.2. The van der Waals surface area contributed by atoms with Gasteiger partial charge in [0.2, 0.25) is 5.91 Å². The van der Waals surface area contributed by atoms with Crippen LogP contribution in [-0.4, -0.2) is 52.6 Å². The van der Waals surface area contributed by atoms with Crippen LogP contribution in [-0.2, 0) is 11.3 Å². The van der Waals surface area contributed by atoms with Crippen LogP contribution in [0.5, 0.6) is 0 Å².